The number of aliphatic hydroxyl groups is 1. The first-order valence-electron chi connectivity index (χ1n) is 10.9. The van der Waals surface area contributed by atoms with Gasteiger partial charge in [-0.3, -0.25) is 0 Å². The molecule has 7 atom stereocenters. The molecule has 0 aromatic carbocycles. The second-order valence-corrected chi connectivity index (χ2v) is 11.4. The van der Waals surface area contributed by atoms with Crippen LogP contribution in [0.5, 0.6) is 0 Å². The molecule has 0 radical (unpaired) electrons. The first kappa shape index (κ1) is 18.6. The zero-order valence-electron chi connectivity index (χ0n) is 16.4. The fraction of sp³-hybridized carbons (Fsp3) is 1.00. The molecular formula is C22H39NOS. The van der Waals surface area contributed by atoms with Crippen molar-refractivity contribution in [1.29, 1.82) is 0 Å². The minimum absolute atomic E-state index is 0.146. The fourth-order valence-corrected chi connectivity index (χ4v) is 9.09. The summed E-state index contributed by atoms with van der Waals surface area (Å²) in [5.41, 5.74) is 5.99. The zero-order chi connectivity index (χ0) is 17.7. The Balaban J connectivity index is 1.55. The van der Waals surface area contributed by atoms with E-state index in [-0.39, 0.29) is 5.41 Å². The molecule has 0 aliphatic heterocycles. The average Bonchev–Trinajstić information content (AvgIpc) is 2.86. The largest absolute Gasteiger partial charge is 0.388 e. The lowest BCUT2D eigenvalue weighted by molar-refractivity contribution is -0.143. The molecule has 0 saturated heterocycles. The zero-order valence-corrected chi connectivity index (χ0v) is 17.3. The number of rotatable bonds is 4. The van der Waals surface area contributed by atoms with Gasteiger partial charge in [0.15, 0.2) is 0 Å². The van der Waals surface area contributed by atoms with E-state index in [1.165, 1.54) is 57.8 Å². The van der Waals surface area contributed by atoms with Gasteiger partial charge in [-0.25, -0.2) is 0 Å². The Hall–Kier alpha value is 0.270. The molecule has 3 heteroatoms. The number of fused-ring (bicyclic) bond motifs is 5. The fourth-order valence-electron chi connectivity index (χ4n) is 7.97. The van der Waals surface area contributed by atoms with E-state index in [2.05, 4.69) is 13.8 Å². The molecule has 0 unspecified atom stereocenters. The van der Waals surface area contributed by atoms with Gasteiger partial charge >= 0.3 is 0 Å². The minimum Gasteiger partial charge on any atom is -0.388 e. The van der Waals surface area contributed by atoms with Gasteiger partial charge in [0.1, 0.15) is 0 Å². The molecule has 2 nitrogen and oxygen atoms in total. The quantitative estimate of drug-likeness (QED) is 0.701. The summed E-state index contributed by atoms with van der Waals surface area (Å²) in [4.78, 5) is 0. The second kappa shape index (κ2) is 6.71. The maximum absolute atomic E-state index is 11.6. The van der Waals surface area contributed by atoms with Crippen LogP contribution in [0.4, 0.5) is 0 Å². The van der Waals surface area contributed by atoms with E-state index < -0.39 is 5.60 Å². The van der Waals surface area contributed by atoms with Crippen LogP contribution in [0.15, 0.2) is 0 Å². The Morgan fingerprint density at radius 3 is 2.56 bits per heavy atom. The van der Waals surface area contributed by atoms with Gasteiger partial charge in [0, 0.05) is 23.5 Å². The topological polar surface area (TPSA) is 46.2 Å². The number of hydrogen-bond donors (Lipinski definition) is 2. The van der Waals surface area contributed by atoms with Crippen molar-refractivity contribution in [2.45, 2.75) is 83.7 Å². The van der Waals surface area contributed by atoms with Gasteiger partial charge in [0.2, 0.25) is 0 Å². The van der Waals surface area contributed by atoms with E-state index in [4.69, 9.17) is 5.73 Å². The van der Waals surface area contributed by atoms with Crippen molar-refractivity contribution in [3.63, 3.8) is 0 Å². The summed E-state index contributed by atoms with van der Waals surface area (Å²) >= 11 is 1.88. The maximum atomic E-state index is 11.6. The SMILES string of the molecule is C[C@]12CCCC[C@@H]1CC[C@@H]1[C@H]2CC[C@@]2(C)[C@@H]1CC[C@@]2(O)CSCCN. The van der Waals surface area contributed by atoms with Gasteiger partial charge in [0.25, 0.3) is 0 Å². The predicted octanol–water partition coefficient (Wildman–Crippen LogP) is 4.84. The Morgan fingerprint density at radius 1 is 0.960 bits per heavy atom. The summed E-state index contributed by atoms with van der Waals surface area (Å²) in [6.07, 6.45) is 13.7. The summed E-state index contributed by atoms with van der Waals surface area (Å²) in [7, 11) is 0. The molecule has 3 N–H and O–H groups in total. The molecule has 0 aromatic heterocycles. The molecule has 4 aliphatic carbocycles. The summed E-state index contributed by atoms with van der Waals surface area (Å²) < 4.78 is 0. The molecule has 4 fully saturated rings. The molecule has 0 amide bonds. The molecule has 0 bridgehead atoms. The third-order valence-electron chi connectivity index (χ3n) is 9.51. The minimum atomic E-state index is -0.452. The van der Waals surface area contributed by atoms with Crippen LogP contribution in [0, 0.1) is 34.5 Å². The van der Waals surface area contributed by atoms with E-state index in [1.807, 2.05) is 11.8 Å². The first-order valence-corrected chi connectivity index (χ1v) is 12.1. The Bertz CT molecular complexity index is 498. The molecule has 25 heavy (non-hydrogen) atoms. The third-order valence-corrected chi connectivity index (χ3v) is 10.7. The molecule has 0 spiro atoms. The molecule has 144 valence electrons. The van der Waals surface area contributed by atoms with Crippen molar-refractivity contribution in [1.82, 2.24) is 0 Å². The van der Waals surface area contributed by atoms with Crippen LogP contribution < -0.4 is 5.73 Å². The normalized spacial score (nSPS) is 52.3. The van der Waals surface area contributed by atoms with E-state index >= 15 is 0 Å². The van der Waals surface area contributed by atoms with Crippen LogP contribution in [0.3, 0.4) is 0 Å². The maximum Gasteiger partial charge on any atom is 0.0793 e. The van der Waals surface area contributed by atoms with Crippen molar-refractivity contribution in [2.75, 3.05) is 18.1 Å². The average molecular weight is 366 g/mol. The van der Waals surface area contributed by atoms with E-state index in [0.717, 1.165) is 48.1 Å². The van der Waals surface area contributed by atoms with Gasteiger partial charge < -0.3 is 10.8 Å². The van der Waals surface area contributed by atoms with Crippen LogP contribution in [0.25, 0.3) is 0 Å². The summed E-state index contributed by atoms with van der Waals surface area (Å²) in [6.45, 7) is 5.82. The Morgan fingerprint density at radius 2 is 1.76 bits per heavy atom. The summed E-state index contributed by atoms with van der Waals surface area (Å²) in [6, 6.07) is 0. The standard InChI is InChI=1S/C22H39NOS/c1-20-10-4-3-5-16(20)6-7-17-18(20)8-11-21(2)19(17)9-12-22(21,24)15-25-14-13-23/h16-19,24H,3-15,23H2,1-2H3/t16-,17-,18-,19-,20+,21+,22-/m1/s1. The van der Waals surface area contributed by atoms with Crippen LogP contribution in [0.2, 0.25) is 0 Å². The van der Waals surface area contributed by atoms with Crippen LogP contribution >= 0.6 is 11.8 Å². The first-order chi connectivity index (χ1) is 11.9. The van der Waals surface area contributed by atoms with Gasteiger partial charge in [0.05, 0.1) is 5.60 Å². The van der Waals surface area contributed by atoms with E-state index in [1.54, 1.807) is 0 Å². The van der Waals surface area contributed by atoms with Crippen molar-refractivity contribution in [3.8, 4) is 0 Å². The van der Waals surface area contributed by atoms with Gasteiger partial charge in [-0.1, -0.05) is 26.7 Å². The van der Waals surface area contributed by atoms with Crippen LogP contribution in [0.1, 0.15) is 78.1 Å². The van der Waals surface area contributed by atoms with Gasteiger partial charge in [-0.2, -0.15) is 11.8 Å². The summed E-state index contributed by atoms with van der Waals surface area (Å²) in [5, 5.41) is 11.6. The molecule has 4 rings (SSSR count). The lowest BCUT2D eigenvalue weighted by Gasteiger charge is -2.61. The second-order valence-electron chi connectivity index (χ2n) is 10.3. The van der Waals surface area contributed by atoms with Crippen LogP contribution in [-0.2, 0) is 0 Å². The van der Waals surface area contributed by atoms with E-state index in [0.29, 0.717) is 5.41 Å². The molecular weight excluding hydrogens is 326 g/mol. The molecule has 0 heterocycles. The highest BCUT2D eigenvalue weighted by Crippen LogP contribution is 2.68. The van der Waals surface area contributed by atoms with Crippen molar-refractivity contribution < 1.29 is 5.11 Å². The van der Waals surface area contributed by atoms with Gasteiger partial charge in [-0.15, -0.1) is 0 Å². The van der Waals surface area contributed by atoms with Gasteiger partial charge in [-0.05, 0) is 80.5 Å². The summed E-state index contributed by atoms with van der Waals surface area (Å²) in [5.74, 6) is 5.44. The number of nitrogens with two attached hydrogens (primary N) is 1. The highest BCUT2D eigenvalue weighted by atomic mass is 32.2. The Labute approximate surface area is 159 Å². The number of thioether (sulfide) groups is 1. The van der Waals surface area contributed by atoms with E-state index in [9.17, 15) is 5.11 Å². The van der Waals surface area contributed by atoms with Crippen molar-refractivity contribution in [3.05, 3.63) is 0 Å². The lowest BCUT2D eigenvalue weighted by Crippen LogP contribution is -2.56. The van der Waals surface area contributed by atoms with Crippen LogP contribution in [-0.4, -0.2) is 28.8 Å². The smallest absolute Gasteiger partial charge is 0.0793 e. The van der Waals surface area contributed by atoms with Crippen molar-refractivity contribution in [2.24, 2.45) is 40.2 Å². The Kier molecular flexibility index (Phi) is 5.00. The highest BCUT2D eigenvalue weighted by molar-refractivity contribution is 7.99. The predicted molar refractivity (Wildman–Crippen MR) is 108 cm³/mol. The monoisotopic (exact) mass is 365 g/mol. The lowest BCUT2D eigenvalue weighted by atomic mass is 9.44. The third kappa shape index (κ3) is 2.74. The van der Waals surface area contributed by atoms with Crippen molar-refractivity contribution >= 4 is 11.8 Å². The molecule has 4 saturated carbocycles. The molecule has 0 aromatic rings. The number of hydrogen-bond acceptors (Lipinski definition) is 3. The highest BCUT2D eigenvalue weighted by Gasteiger charge is 2.64. The molecule has 4 aliphatic rings.